The zero-order valence-corrected chi connectivity index (χ0v) is 15.0. The zero-order valence-electron chi connectivity index (χ0n) is 14.0. The molecule has 0 radical (unpaired) electrons. The second kappa shape index (κ2) is 7.23. The molecule has 2 rings (SSSR count). The summed E-state index contributed by atoms with van der Waals surface area (Å²) in [4.78, 5) is 2.59. The van der Waals surface area contributed by atoms with Gasteiger partial charge in [0.1, 0.15) is 0 Å². The highest BCUT2D eigenvalue weighted by molar-refractivity contribution is 6.81. The standard InChI is InChI=1S/C19H29NSi/c1-5-6-12-18-14-20(13-17-10-8-7-9-11-17)15-19(18)16-21(2,3)4/h6-12,16,18H,5,13-15H2,1-4H3/b12-6-,19-16-/t18-/m0/s1. The number of nitrogens with zero attached hydrogens (tertiary/aromatic N) is 1. The van der Waals surface area contributed by atoms with Gasteiger partial charge in [-0.3, -0.25) is 4.90 Å². The fourth-order valence-electron chi connectivity index (χ4n) is 2.99. The van der Waals surface area contributed by atoms with E-state index in [4.69, 9.17) is 0 Å². The van der Waals surface area contributed by atoms with Crippen molar-refractivity contribution in [1.82, 2.24) is 4.90 Å². The van der Waals surface area contributed by atoms with Crippen molar-refractivity contribution in [1.29, 1.82) is 0 Å². The number of allylic oxidation sites excluding steroid dienone is 1. The molecule has 1 aliphatic rings. The van der Waals surface area contributed by atoms with Crippen molar-refractivity contribution in [2.24, 2.45) is 5.92 Å². The summed E-state index contributed by atoms with van der Waals surface area (Å²) in [5, 5.41) is 0. The number of likely N-dealkylation sites (tertiary alicyclic amines) is 1. The van der Waals surface area contributed by atoms with Crippen LogP contribution in [-0.4, -0.2) is 26.1 Å². The summed E-state index contributed by atoms with van der Waals surface area (Å²) in [5.41, 5.74) is 5.68. The molecule has 0 amide bonds. The van der Waals surface area contributed by atoms with E-state index < -0.39 is 8.07 Å². The van der Waals surface area contributed by atoms with Gasteiger partial charge in [0.25, 0.3) is 0 Å². The molecule has 0 aliphatic carbocycles. The van der Waals surface area contributed by atoms with Gasteiger partial charge in [0, 0.05) is 25.6 Å². The zero-order chi connectivity index (χ0) is 15.3. The van der Waals surface area contributed by atoms with Crippen molar-refractivity contribution in [2.45, 2.75) is 39.5 Å². The molecule has 21 heavy (non-hydrogen) atoms. The van der Waals surface area contributed by atoms with E-state index in [1.807, 2.05) is 0 Å². The molecule has 2 heteroatoms. The Labute approximate surface area is 131 Å². The quantitative estimate of drug-likeness (QED) is 0.553. The molecule has 114 valence electrons. The van der Waals surface area contributed by atoms with E-state index >= 15 is 0 Å². The van der Waals surface area contributed by atoms with E-state index in [0.29, 0.717) is 5.92 Å². The van der Waals surface area contributed by atoms with Crippen molar-refractivity contribution < 1.29 is 0 Å². The van der Waals surface area contributed by atoms with Crippen LogP contribution in [0.15, 0.2) is 53.8 Å². The van der Waals surface area contributed by atoms with Crippen LogP contribution in [0.1, 0.15) is 18.9 Å². The first kappa shape index (κ1) is 16.3. The maximum absolute atomic E-state index is 2.61. The molecule has 0 saturated carbocycles. The van der Waals surface area contributed by atoms with E-state index in [0.717, 1.165) is 19.5 Å². The van der Waals surface area contributed by atoms with Gasteiger partial charge in [-0.2, -0.15) is 0 Å². The summed E-state index contributed by atoms with van der Waals surface area (Å²) in [7, 11) is -1.15. The molecule has 0 aromatic heterocycles. The van der Waals surface area contributed by atoms with Gasteiger partial charge in [-0.15, -0.1) is 0 Å². The van der Waals surface area contributed by atoms with Crippen molar-refractivity contribution in [3.8, 4) is 0 Å². The van der Waals surface area contributed by atoms with E-state index in [9.17, 15) is 0 Å². The molecular formula is C19H29NSi. The minimum Gasteiger partial charge on any atom is -0.294 e. The molecule has 0 spiro atoms. The number of benzene rings is 1. The molecule has 1 heterocycles. The Hall–Kier alpha value is -1.12. The van der Waals surface area contributed by atoms with E-state index in [1.54, 1.807) is 5.57 Å². The molecule has 0 bridgehead atoms. The van der Waals surface area contributed by atoms with Crippen LogP contribution in [0.2, 0.25) is 19.6 Å². The average molecular weight is 300 g/mol. The van der Waals surface area contributed by atoms with Crippen LogP contribution in [0.3, 0.4) is 0 Å². The van der Waals surface area contributed by atoms with Crippen LogP contribution >= 0.6 is 0 Å². The Bertz CT molecular complexity index is 496. The minimum atomic E-state index is -1.15. The molecule has 0 N–H and O–H groups in total. The highest BCUT2D eigenvalue weighted by Crippen LogP contribution is 2.27. The van der Waals surface area contributed by atoms with Crippen LogP contribution in [-0.2, 0) is 6.54 Å². The van der Waals surface area contributed by atoms with Crippen LogP contribution in [0.5, 0.6) is 0 Å². The monoisotopic (exact) mass is 299 g/mol. The van der Waals surface area contributed by atoms with Crippen LogP contribution < -0.4 is 0 Å². The lowest BCUT2D eigenvalue weighted by atomic mass is 10.0. The van der Waals surface area contributed by atoms with Gasteiger partial charge in [-0.25, -0.2) is 0 Å². The van der Waals surface area contributed by atoms with Crippen molar-refractivity contribution in [3.05, 3.63) is 59.3 Å². The Balaban J connectivity index is 2.10. The largest absolute Gasteiger partial charge is 0.294 e. The van der Waals surface area contributed by atoms with Gasteiger partial charge in [-0.05, 0) is 12.0 Å². The van der Waals surface area contributed by atoms with E-state index in [-0.39, 0.29) is 0 Å². The highest BCUT2D eigenvalue weighted by atomic mass is 28.3. The average Bonchev–Trinajstić information content (AvgIpc) is 2.77. The van der Waals surface area contributed by atoms with Gasteiger partial charge in [0.2, 0.25) is 0 Å². The maximum Gasteiger partial charge on any atom is 0.0687 e. The van der Waals surface area contributed by atoms with Crippen LogP contribution in [0.25, 0.3) is 0 Å². The molecule has 1 aromatic rings. The summed E-state index contributed by atoms with van der Waals surface area (Å²) in [5.74, 6) is 0.625. The third-order valence-electron chi connectivity index (χ3n) is 3.81. The normalized spacial score (nSPS) is 22.5. The van der Waals surface area contributed by atoms with Crippen LogP contribution in [0.4, 0.5) is 0 Å². The first-order chi connectivity index (χ1) is 9.98. The Morgan fingerprint density at radius 3 is 2.52 bits per heavy atom. The van der Waals surface area contributed by atoms with Crippen molar-refractivity contribution in [3.63, 3.8) is 0 Å². The van der Waals surface area contributed by atoms with Gasteiger partial charge < -0.3 is 0 Å². The molecule has 1 aromatic carbocycles. The molecule has 1 saturated heterocycles. The molecule has 0 unspecified atom stereocenters. The fourth-order valence-corrected chi connectivity index (χ4v) is 4.41. The van der Waals surface area contributed by atoms with Gasteiger partial charge in [0.15, 0.2) is 0 Å². The first-order valence-corrected chi connectivity index (χ1v) is 11.7. The number of rotatable bonds is 5. The maximum atomic E-state index is 2.61. The Kier molecular flexibility index (Phi) is 5.60. The topological polar surface area (TPSA) is 3.24 Å². The van der Waals surface area contributed by atoms with Gasteiger partial charge >= 0.3 is 0 Å². The summed E-state index contributed by atoms with van der Waals surface area (Å²) >= 11 is 0. The number of hydrogen-bond donors (Lipinski definition) is 0. The smallest absolute Gasteiger partial charge is 0.0687 e. The van der Waals surface area contributed by atoms with Gasteiger partial charge in [0.05, 0.1) is 8.07 Å². The van der Waals surface area contributed by atoms with Crippen molar-refractivity contribution >= 4 is 8.07 Å². The predicted octanol–water partition coefficient (Wildman–Crippen LogP) is 4.89. The Morgan fingerprint density at radius 1 is 1.19 bits per heavy atom. The summed E-state index contributed by atoms with van der Waals surface area (Å²) in [6.07, 6.45) is 5.89. The third-order valence-corrected chi connectivity index (χ3v) is 5.05. The minimum absolute atomic E-state index is 0.625. The molecule has 1 aliphatic heterocycles. The molecular weight excluding hydrogens is 270 g/mol. The SMILES string of the molecule is CC/C=C\[C@H]1CN(Cc2ccccc2)C/C1=C/[Si](C)(C)C. The first-order valence-electron chi connectivity index (χ1n) is 8.12. The summed E-state index contributed by atoms with van der Waals surface area (Å²) < 4.78 is 0. The second-order valence-corrected chi connectivity index (χ2v) is 12.2. The predicted molar refractivity (Wildman–Crippen MR) is 96.1 cm³/mol. The summed E-state index contributed by atoms with van der Waals surface area (Å²) in [6, 6.07) is 10.8. The van der Waals surface area contributed by atoms with E-state index in [1.165, 1.54) is 12.1 Å². The van der Waals surface area contributed by atoms with Crippen molar-refractivity contribution in [2.75, 3.05) is 13.1 Å². The number of hydrogen-bond acceptors (Lipinski definition) is 1. The lowest BCUT2D eigenvalue weighted by molar-refractivity contribution is 0.327. The fraction of sp³-hybridized carbons (Fsp3) is 0.474. The summed E-state index contributed by atoms with van der Waals surface area (Å²) in [6.45, 7) is 12.9. The third kappa shape index (κ3) is 5.29. The lowest BCUT2D eigenvalue weighted by Crippen LogP contribution is -2.20. The second-order valence-electron chi connectivity index (χ2n) is 7.18. The highest BCUT2D eigenvalue weighted by Gasteiger charge is 2.27. The van der Waals surface area contributed by atoms with Gasteiger partial charge in [-0.1, -0.05) is 80.3 Å². The molecule has 1 fully saturated rings. The molecule has 1 nitrogen and oxygen atoms in total. The van der Waals surface area contributed by atoms with Crippen LogP contribution in [0, 0.1) is 5.92 Å². The Morgan fingerprint density at radius 2 is 1.90 bits per heavy atom. The van der Waals surface area contributed by atoms with E-state index in [2.05, 4.69) is 79.6 Å². The lowest BCUT2D eigenvalue weighted by Gasteiger charge is -2.15. The molecule has 1 atom stereocenters.